The van der Waals surface area contributed by atoms with E-state index in [0.29, 0.717) is 6.54 Å². The molecule has 0 aromatic heterocycles. The van der Waals surface area contributed by atoms with E-state index in [9.17, 15) is 8.42 Å². The van der Waals surface area contributed by atoms with Crippen molar-refractivity contribution in [2.75, 3.05) is 25.0 Å². The summed E-state index contributed by atoms with van der Waals surface area (Å²) in [5.41, 5.74) is 0.878. The number of aliphatic hydroxyl groups is 1. The molecule has 0 saturated heterocycles. The van der Waals surface area contributed by atoms with Gasteiger partial charge >= 0.3 is 0 Å². The molecule has 0 spiro atoms. The molecule has 1 aromatic rings. The van der Waals surface area contributed by atoms with Crippen molar-refractivity contribution in [3.8, 4) is 0 Å². The van der Waals surface area contributed by atoms with Crippen molar-refractivity contribution in [3.05, 3.63) is 24.3 Å². The van der Waals surface area contributed by atoms with Crippen molar-refractivity contribution in [2.45, 2.75) is 24.7 Å². The van der Waals surface area contributed by atoms with E-state index in [4.69, 9.17) is 5.11 Å². The molecule has 0 unspecified atom stereocenters. The molecule has 0 aliphatic heterocycles. The molecule has 3 N–H and O–H groups in total. The van der Waals surface area contributed by atoms with Crippen molar-refractivity contribution in [3.63, 3.8) is 0 Å². The van der Waals surface area contributed by atoms with Crippen molar-refractivity contribution in [1.29, 1.82) is 0 Å². The van der Waals surface area contributed by atoms with Crippen LogP contribution in [0.2, 0.25) is 0 Å². The van der Waals surface area contributed by atoms with Crippen LogP contribution in [0.15, 0.2) is 29.2 Å². The van der Waals surface area contributed by atoms with Gasteiger partial charge in [0.15, 0.2) is 0 Å². The van der Waals surface area contributed by atoms with Crippen molar-refractivity contribution >= 4 is 15.7 Å². The van der Waals surface area contributed by atoms with Crippen LogP contribution in [0.5, 0.6) is 0 Å². The van der Waals surface area contributed by atoms with Gasteiger partial charge in [-0.25, -0.2) is 13.1 Å². The third-order valence-electron chi connectivity index (χ3n) is 2.41. The van der Waals surface area contributed by atoms with Gasteiger partial charge in [-0.2, -0.15) is 0 Å². The van der Waals surface area contributed by atoms with E-state index >= 15 is 0 Å². The number of aliphatic hydroxyl groups excluding tert-OH is 1. The SMILES string of the molecule is CCNS(=O)(=O)c1ccc(NCCCCO)cc1. The van der Waals surface area contributed by atoms with Gasteiger partial charge in [-0.15, -0.1) is 0 Å². The van der Waals surface area contributed by atoms with Crippen molar-refractivity contribution in [1.82, 2.24) is 4.72 Å². The van der Waals surface area contributed by atoms with Gasteiger partial charge in [0.2, 0.25) is 10.0 Å². The van der Waals surface area contributed by atoms with E-state index < -0.39 is 10.0 Å². The number of hydrogen-bond donors (Lipinski definition) is 3. The number of nitrogens with one attached hydrogen (secondary N) is 2. The number of benzene rings is 1. The van der Waals surface area contributed by atoms with E-state index in [1.807, 2.05) is 0 Å². The monoisotopic (exact) mass is 272 g/mol. The first-order valence-corrected chi connectivity index (χ1v) is 7.53. The number of hydrogen-bond acceptors (Lipinski definition) is 4. The van der Waals surface area contributed by atoms with Crippen LogP contribution in [0, 0.1) is 0 Å². The van der Waals surface area contributed by atoms with Gasteiger partial charge in [0.25, 0.3) is 0 Å². The van der Waals surface area contributed by atoms with Crippen LogP contribution in [-0.2, 0) is 10.0 Å². The molecule has 102 valence electrons. The highest BCUT2D eigenvalue weighted by Gasteiger charge is 2.11. The molecule has 0 aliphatic carbocycles. The first-order valence-electron chi connectivity index (χ1n) is 6.04. The van der Waals surface area contributed by atoms with Crippen LogP contribution < -0.4 is 10.0 Å². The zero-order valence-corrected chi connectivity index (χ0v) is 11.3. The van der Waals surface area contributed by atoms with Crippen LogP contribution in [0.1, 0.15) is 19.8 Å². The van der Waals surface area contributed by atoms with E-state index in [-0.39, 0.29) is 11.5 Å². The summed E-state index contributed by atoms with van der Waals surface area (Å²) in [6.07, 6.45) is 1.65. The topological polar surface area (TPSA) is 78.4 Å². The fourth-order valence-electron chi connectivity index (χ4n) is 1.49. The standard InChI is InChI=1S/C12H20N2O3S/c1-2-14-18(16,17)12-7-5-11(6-8-12)13-9-3-4-10-15/h5-8,13-15H,2-4,9-10H2,1H3. The number of unbranched alkanes of at least 4 members (excludes halogenated alkanes) is 1. The second-order valence-corrected chi connectivity index (χ2v) is 5.65. The minimum absolute atomic E-state index is 0.196. The molecule has 1 rings (SSSR count). The van der Waals surface area contributed by atoms with Gasteiger partial charge in [-0.3, -0.25) is 0 Å². The first-order chi connectivity index (χ1) is 8.60. The van der Waals surface area contributed by atoms with E-state index in [1.54, 1.807) is 31.2 Å². The minimum Gasteiger partial charge on any atom is -0.396 e. The molecule has 1 aromatic carbocycles. The van der Waals surface area contributed by atoms with Crippen LogP contribution in [0.3, 0.4) is 0 Å². The van der Waals surface area contributed by atoms with Crippen LogP contribution in [0.4, 0.5) is 5.69 Å². The molecule has 5 nitrogen and oxygen atoms in total. The lowest BCUT2D eigenvalue weighted by atomic mass is 10.3. The molecule has 0 atom stereocenters. The highest BCUT2D eigenvalue weighted by Crippen LogP contribution is 2.13. The Morgan fingerprint density at radius 3 is 2.39 bits per heavy atom. The maximum atomic E-state index is 11.7. The van der Waals surface area contributed by atoms with Gasteiger partial charge in [0, 0.05) is 25.4 Å². The third kappa shape index (κ3) is 4.64. The summed E-state index contributed by atoms with van der Waals surface area (Å²) in [6, 6.07) is 6.63. The lowest BCUT2D eigenvalue weighted by Gasteiger charge is -2.08. The lowest BCUT2D eigenvalue weighted by molar-refractivity contribution is 0.286. The number of rotatable bonds is 8. The van der Waals surface area contributed by atoms with E-state index in [0.717, 1.165) is 25.1 Å². The number of sulfonamides is 1. The summed E-state index contributed by atoms with van der Waals surface area (Å²) in [5.74, 6) is 0. The minimum atomic E-state index is -3.37. The Balaban J connectivity index is 2.57. The Hall–Kier alpha value is -1.11. The van der Waals surface area contributed by atoms with Gasteiger partial charge < -0.3 is 10.4 Å². The molecular formula is C12H20N2O3S. The Morgan fingerprint density at radius 2 is 1.83 bits per heavy atom. The van der Waals surface area contributed by atoms with Gasteiger partial charge in [-0.05, 0) is 37.1 Å². The van der Waals surface area contributed by atoms with Crippen LogP contribution >= 0.6 is 0 Å². The Kier molecular flexibility index (Phi) is 6.11. The average molecular weight is 272 g/mol. The third-order valence-corrected chi connectivity index (χ3v) is 3.97. The lowest BCUT2D eigenvalue weighted by Crippen LogP contribution is -2.23. The van der Waals surface area contributed by atoms with Crippen LogP contribution in [-0.4, -0.2) is 33.2 Å². The number of anilines is 1. The molecule has 0 heterocycles. The molecule has 0 radical (unpaired) electrons. The Morgan fingerprint density at radius 1 is 1.17 bits per heavy atom. The molecule has 0 amide bonds. The summed E-state index contributed by atoms with van der Waals surface area (Å²) in [6.45, 7) is 3.08. The maximum Gasteiger partial charge on any atom is 0.240 e. The Labute approximate surface area is 108 Å². The normalized spacial score (nSPS) is 11.4. The largest absolute Gasteiger partial charge is 0.396 e. The fraction of sp³-hybridized carbons (Fsp3) is 0.500. The second kappa shape index (κ2) is 7.35. The fourth-order valence-corrected chi connectivity index (χ4v) is 2.54. The summed E-state index contributed by atoms with van der Waals surface area (Å²) >= 11 is 0. The van der Waals surface area contributed by atoms with Crippen molar-refractivity contribution in [2.24, 2.45) is 0 Å². The maximum absolute atomic E-state index is 11.7. The van der Waals surface area contributed by atoms with Gasteiger partial charge in [0.05, 0.1) is 4.90 Å². The van der Waals surface area contributed by atoms with E-state index in [1.165, 1.54) is 0 Å². The van der Waals surface area contributed by atoms with Gasteiger partial charge in [0.1, 0.15) is 0 Å². The summed E-state index contributed by atoms with van der Waals surface area (Å²) < 4.78 is 25.8. The molecular weight excluding hydrogens is 252 g/mol. The summed E-state index contributed by atoms with van der Waals surface area (Å²) in [5, 5.41) is 11.8. The Bertz CT molecular complexity index is 443. The molecule has 0 fully saturated rings. The summed E-state index contributed by atoms with van der Waals surface area (Å²) in [4.78, 5) is 0.269. The highest BCUT2D eigenvalue weighted by molar-refractivity contribution is 7.89. The molecule has 0 saturated carbocycles. The molecule has 18 heavy (non-hydrogen) atoms. The highest BCUT2D eigenvalue weighted by atomic mass is 32.2. The van der Waals surface area contributed by atoms with Crippen molar-refractivity contribution < 1.29 is 13.5 Å². The molecule has 0 bridgehead atoms. The predicted molar refractivity (Wildman–Crippen MR) is 72.1 cm³/mol. The first kappa shape index (κ1) is 14.9. The second-order valence-electron chi connectivity index (χ2n) is 3.88. The molecule has 0 aliphatic rings. The zero-order valence-electron chi connectivity index (χ0n) is 10.5. The van der Waals surface area contributed by atoms with Gasteiger partial charge in [-0.1, -0.05) is 6.92 Å². The smallest absolute Gasteiger partial charge is 0.240 e. The van der Waals surface area contributed by atoms with Crippen LogP contribution in [0.25, 0.3) is 0 Å². The zero-order chi connectivity index (χ0) is 13.4. The quantitative estimate of drug-likeness (QED) is 0.621. The average Bonchev–Trinajstić information content (AvgIpc) is 2.35. The molecule has 6 heteroatoms. The van der Waals surface area contributed by atoms with E-state index in [2.05, 4.69) is 10.0 Å². The summed E-state index contributed by atoms with van der Waals surface area (Å²) in [7, 11) is -3.37. The predicted octanol–water partition coefficient (Wildman–Crippen LogP) is 1.17.